The van der Waals surface area contributed by atoms with E-state index in [1.807, 2.05) is 0 Å². The number of nitro groups is 1. The van der Waals surface area contributed by atoms with Gasteiger partial charge in [0.2, 0.25) is 5.91 Å². The van der Waals surface area contributed by atoms with Gasteiger partial charge in [-0.05, 0) is 18.9 Å². The minimum absolute atomic E-state index is 0.104. The van der Waals surface area contributed by atoms with Crippen LogP contribution in [0.3, 0.4) is 0 Å². The average molecular weight is 295 g/mol. The zero-order chi connectivity index (χ0) is 15.2. The van der Waals surface area contributed by atoms with Crippen molar-refractivity contribution in [2.75, 3.05) is 6.54 Å². The number of furan rings is 1. The Kier molecular flexibility index (Phi) is 4.91. The minimum atomic E-state index is -0.716. The highest BCUT2D eigenvalue weighted by Gasteiger charge is 2.18. The van der Waals surface area contributed by atoms with Crippen LogP contribution in [0.25, 0.3) is 0 Å². The van der Waals surface area contributed by atoms with E-state index in [2.05, 4.69) is 10.6 Å². The lowest BCUT2D eigenvalue weighted by atomic mass is 10.2. The van der Waals surface area contributed by atoms with E-state index in [9.17, 15) is 19.7 Å². The van der Waals surface area contributed by atoms with Crippen LogP contribution in [0.2, 0.25) is 0 Å². The van der Waals surface area contributed by atoms with Crippen LogP contribution in [0.15, 0.2) is 16.5 Å². The second-order valence-electron chi connectivity index (χ2n) is 4.95. The maximum absolute atomic E-state index is 11.6. The Bertz CT molecular complexity index is 534. The summed E-state index contributed by atoms with van der Waals surface area (Å²) < 4.78 is 4.76. The fourth-order valence-corrected chi connectivity index (χ4v) is 2.29. The van der Waals surface area contributed by atoms with E-state index in [-0.39, 0.29) is 30.7 Å². The molecule has 1 fully saturated rings. The molecule has 8 nitrogen and oxygen atoms in total. The number of carbonyl (C=O) groups excluding carboxylic acids is 2. The summed E-state index contributed by atoms with van der Waals surface area (Å²) in [7, 11) is 0. The summed E-state index contributed by atoms with van der Waals surface area (Å²) in [4.78, 5) is 33.0. The lowest BCUT2D eigenvalue weighted by molar-refractivity contribution is -0.402. The molecule has 21 heavy (non-hydrogen) atoms. The van der Waals surface area contributed by atoms with Crippen LogP contribution in [-0.4, -0.2) is 29.3 Å². The smallest absolute Gasteiger partial charge is 0.395 e. The van der Waals surface area contributed by atoms with Crippen LogP contribution in [0.4, 0.5) is 5.88 Å². The Morgan fingerprint density at radius 3 is 2.67 bits per heavy atom. The Labute approximate surface area is 121 Å². The van der Waals surface area contributed by atoms with Gasteiger partial charge in [0.15, 0.2) is 5.76 Å². The van der Waals surface area contributed by atoms with E-state index >= 15 is 0 Å². The second kappa shape index (κ2) is 6.87. The van der Waals surface area contributed by atoms with Crippen molar-refractivity contribution in [3.8, 4) is 0 Å². The number of rotatable bonds is 6. The van der Waals surface area contributed by atoms with Gasteiger partial charge in [0.05, 0.1) is 6.07 Å². The van der Waals surface area contributed by atoms with Crippen molar-refractivity contribution in [1.29, 1.82) is 0 Å². The summed E-state index contributed by atoms with van der Waals surface area (Å²) in [5, 5.41) is 15.8. The summed E-state index contributed by atoms with van der Waals surface area (Å²) in [5.41, 5.74) is 0. The molecule has 0 bridgehead atoms. The molecule has 8 heteroatoms. The van der Waals surface area contributed by atoms with Gasteiger partial charge in [0.1, 0.15) is 4.92 Å². The number of nitrogens with one attached hydrogen (secondary N) is 2. The monoisotopic (exact) mass is 295 g/mol. The first-order valence-corrected chi connectivity index (χ1v) is 6.88. The lowest BCUT2D eigenvalue weighted by Crippen LogP contribution is -2.35. The quantitative estimate of drug-likeness (QED) is 0.607. The van der Waals surface area contributed by atoms with Crippen LogP contribution in [0, 0.1) is 10.1 Å². The molecule has 114 valence electrons. The number of amides is 2. The molecule has 2 N–H and O–H groups in total. The third-order valence-electron chi connectivity index (χ3n) is 3.35. The van der Waals surface area contributed by atoms with Crippen molar-refractivity contribution >= 4 is 17.7 Å². The van der Waals surface area contributed by atoms with Crippen LogP contribution < -0.4 is 10.6 Å². The van der Waals surface area contributed by atoms with Crippen molar-refractivity contribution in [3.63, 3.8) is 0 Å². The lowest BCUT2D eigenvalue weighted by Gasteiger charge is -2.11. The van der Waals surface area contributed by atoms with Gasteiger partial charge in [-0.1, -0.05) is 12.8 Å². The molecule has 1 heterocycles. The van der Waals surface area contributed by atoms with Gasteiger partial charge in [-0.15, -0.1) is 0 Å². The number of hydrogen-bond acceptors (Lipinski definition) is 5. The first-order valence-electron chi connectivity index (χ1n) is 6.88. The summed E-state index contributed by atoms with van der Waals surface area (Å²) >= 11 is 0. The van der Waals surface area contributed by atoms with E-state index in [1.165, 1.54) is 6.07 Å². The maximum Gasteiger partial charge on any atom is 0.433 e. The Hall–Kier alpha value is -2.38. The molecule has 0 atom stereocenters. The molecule has 1 aromatic rings. The van der Waals surface area contributed by atoms with Gasteiger partial charge in [-0.3, -0.25) is 19.7 Å². The summed E-state index contributed by atoms with van der Waals surface area (Å²) in [6.45, 7) is 0.159. The highest BCUT2D eigenvalue weighted by Crippen LogP contribution is 2.17. The molecule has 2 amide bonds. The molecule has 0 aromatic carbocycles. The number of carbonyl (C=O) groups is 2. The van der Waals surface area contributed by atoms with Gasteiger partial charge in [0, 0.05) is 19.0 Å². The fourth-order valence-electron chi connectivity index (χ4n) is 2.29. The van der Waals surface area contributed by atoms with Crippen molar-refractivity contribution in [3.05, 3.63) is 28.0 Å². The fraction of sp³-hybridized carbons (Fsp3) is 0.538. The summed E-state index contributed by atoms with van der Waals surface area (Å²) in [5.74, 6) is -1.30. The van der Waals surface area contributed by atoms with Gasteiger partial charge in [-0.2, -0.15) is 0 Å². The van der Waals surface area contributed by atoms with Crippen molar-refractivity contribution in [2.45, 2.75) is 38.1 Å². The molecule has 1 aliphatic rings. The van der Waals surface area contributed by atoms with Gasteiger partial charge < -0.3 is 15.1 Å². The summed E-state index contributed by atoms with van der Waals surface area (Å²) in [6.07, 6.45) is 4.46. The maximum atomic E-state index is 11.6. The van der Waals surface area contributed by atoms with Crippen LogP contribution in [0.1, 0.15) is 42.7 Å². The van der Waals surface area contributed by atoms with E-state index in [0.717, 1.165) is 31.7 Å². The summed E-state index contributed by atoms with van der Waals surface area (Å²) in [6, 6.07) is 2.59. The van der Waals surface area contributed by atoms with E-state index < -0.39 is 16.7 Å². The third kappa shape index (κ3) is 4.30. The third-order valence-corrected chi connectivity index (χ3v) is 3.35. The molecule has 0 spiro atoms. The molecular weight excluding hydrogens is 278 g/mol. The molecule has 0 radical (unpaired) electrons. The zero-order valence-corrected chi connectivity index (χ0v) is 11.5. The molecule has 0 saturated heterocycles. The SMILES string of the molecule is O=C(CCNC(=O)c1ccc([N+](=O)[O-])o1)NC1CCCC1. The van der Waals surface area contributed by atoms with Gasteiger partial charge in [0.25, 0.3) is 5.91 Å². The molecule has 2 rings (SSSR count). The van der Waals surface area contributed by atoms with E-state index in [0.29, 0.717) is 0 Å². The molecule has 0 aliphatic heterocycles. The standard InChI is InChI=1S/C13H17N3O5/c17-11(15-9-3-1-2-4-9)7-8-14-13(18)10-5-6-12(21-10)16(19)20/h5-6,9H,1-4,7-8H2,(H,14,18)(H,15,17). The Morgan fingerprint density at radius 1 is 1.33 bits per heavy atom. The first kappa shape index (κ1) is 15.0. The largest absolute Gasteiger partial charge is 0.433 e. The van der Waals surface area contributed by atoms with Crippen molar-refractivity contribution < 1.29 is 18.9 Å². The van der Waals surface area contributed by atoms with Crippen LogP contribution >= 0.6 is 0 Å². The predicted molar refractivity (Wildman–Crippen MR) is 72.7 cm³/mol. The average Bonchev–Trinajstić information content (AvgIpc) is 3.09. The van der Waals surface area contributed by atoms with Gasteiger partial charge in [-0.25, -0.2) is 0 Å². The Balaban J connectivity index is 1.70. The molecule has 0 unspecified atom stereocenters. The highest BCUT2D eigenvalue weighted by atomic mass is 16.6. The Morgan fingerprint density at radius 2 is 2.05 bits per heavy atom. The minimum Gasteiger partial charge on any atom is -0.395 e. The molecule has 1 saturated carbocycles. The topological polar surface area (TPSA) is 114 Å². The number of hydrogen-bond donors (Lipinski definition) is 2. The van der Waals surface area contributed by atoms with Crippen LogP contribution in [0.5, 0.6) is 0 Å². The van der Waals surface area contributed by atoms with Crippen molar-refractivity contribution in [2.24, 2.45) is 0 Å². The normalized spacial score (nSPS) is 14.9. The number of nitrogens with zero attached hydrogens (tertiary/aromatic N) is 1. The predicted octanol–water partition coefficient (Wildman–Crippen LogP) is 1.37. The molecule has 1 aliphatic carbocycles. The van der Waals surface area contributed by atoms with E-state index in [4.69, 9.17) is 4.42 Å². The van der Waals surface area contributed by atoms with E-state index in [1.54, 1.807) is 0 Å². The second-order valence-corrected chi connectivity index (χ2v) is 4.95. The zero-order valence-electron chi connectivity index (χ0n) is 11.5. The molecule has 1 aromatic heterocycles. The van der Waals surface area contributed by atoms with Crippen LogP contribution in [-0.2, 0) is 4.79 Å². The van der Waals surface area contributed by atoms with Gasteiger partial charge >= 0.3 is 5.88 Å². The van der Waals surface area contributed by atoms with Crippen molar-refractivity contribution in [1.82, 2.24) is 10.6 Å². The highest BCUT2D eigenvalue weighted by molar-refractivity contribution is 5.92. The first-order chi connectivity index (χ1) is 10.1. The molecular formula is C13H17N3O5.